The number of benzene rings is 1. The third kappa shape index (κ3) is 4.26. The van der Waals surface area contributed by atoms with Crippen molar-refractivity contribution in [2.24, 2.45) is 0 Å². The van der Waals surface area contributed by atoms with Gasteiger partial charge in [0.25, 0.3) is 0 Å². The van der Waals surface area contributed by atoms with Crippen LogP contribution in [0.25, 0.3) is 0 Å². The summed E-state index contributed by atoms with van der Waals surface area (Å²) in [7, 11) is 0. The van der Waals surface area contributed by atoms with Crippen LogP contribution in [0.3, 0.4) is 0 Å². The van der Waals surface area contributed by atoms with Crippen molar-refractivity contribution >= 4 is 12.3 Å². The Hall–Kier alpha value is -1.64. The fourth-order valence-corrected chi connectivity index (χ4v) is 1.43. The maximum atomic E-state index is 11.1. The van der Waals surface area contributed by atoms with Crippen molar-refractivity contribution in [2.45, 2.75) is 26.2 Å². The molecule has 0 aliphatic rings. The first-order chi connectivity index (χ1) is 7.76. The smallest absolute Gasteiger partial charge is 0.305 e. The Morgan fingerprint density at radius 3 is 2.56 bits per heavy atom. The fourth-order valence-electron chi connectivity index (χ4n) is 1.43. The lowest BCUT2D eigenvalue weighted by Gasteiger charge is -2.02. The summed E-state index contributed by atoms with van der Waals surface area (Å²) in [6, 6.07) is 7.39. The Kier molecular flexibility index (Phi) is 5.26. The quantitative estimate of drug-likeness (QED) is 0.546. The molecule has 0 unspecified atom stereocenters. The molecule has 3 heteroatoms. The van der Waals surface area contributed by atoms with Crippen molar-refractivity contribution in [1.29, 1.82) is 0 Å². The van der Waals surface area contributed by atoms with E-state index in [4.69, 9.17) is 4.74 Å². The van der Waals surface area contributed by atoms with E-state index < -0.39 is 0 Å². The highest BCUT2D eigenvalue weighted by Crippen LogP contribution is 2.07. The molecule has 1 rings (SSSR count). The minimum absolute atomic E-state index is 0.146. The second kappa shape index (κ2) is 6.77. The van der Waals surface area contributed by atoms with E-state index >= 15 is 0 Å². The van der Waals surface area contributed by atoms with E-state index in [0.717, 1.165) is 24.7 Å². The van der Waals surface area contributed by atoms with Gasteiger partial charge in [0.05, 0.1) is 6.61 Å². The van der Waals surface area contributed by atoms with Gasteiger partial charge in [0.15, 0.2) is 0 Å². The number of ether oxygens (including phenoxy) is 1. The van der Waals surface area contributed by atoms with Gasteiger partial charge in [0.1, 0.15) is 6.29 Å². The number of aldehydes is 1. The first kappa shape index (κ1) is 12.4. The highest BCUT2D eigenvalue weighted by Gasteiger charge is 2.01. The molecule has 16 heavy (non-hydrogen) atoms. The number of rotatable bonds is 6. The van der Waals surface area contributed by atoms with Gasteiger partial charge in [0, 0.05) is 12.0 Å². The van der Waals surface area contributed by atoms with Gasteiger partial charge in [-0.15, -0.1) is 0 Å². The molecule has 1 aromatic rings. The molecule has 0 amide bonds. The third-order valence-electron chi connectivity index (χ3n) is 2.27. The van der Waals surface area contributed by atoms with Crippen LogP contribution in [0.5, 0.6) is 0 Å². The zero-order valence-electron chi connectivity index (χ0n) is 9.44. The number of hydrogen-bond donors (Lipinski definition) is 0. The van der Waals surface area contributed by atoms with Gasteiger partial charge in [-0.25, -0.2) is 0 Å². The second-order valence-electron chi connectivity index (χ2n) is 3.52. The van der Waals surface area contributed by atoms with Crippen molar-refractivity contribution in [1.82, 2.24) is 0 Å². The van der Waals surface area contributed by atoms with Crippen molar-refractivity contribution in [2.75, 3.05) is 6.61 Å². The minimum atomic E-state index is -0.146. The highest BCUT2D eigenvalue weighted by molar-refractivity contribution is 5.74. The molecule has 3 nitrogen and oxygen atoms in total. The Labute approximate surface area is 95.4 Å². The first-order valence-corrected chi connectivity index (χ1v) is 5.46. The predicted octanol–water partition coefficient (Wildman–Crippen LogP) is 2.38. The molecule has 0 N–H and O–H groups in total. The molecule has 0 saturated carbocycles. The molecule has 0 aliphatic heterocycles. The van der Waals surface area contributed by atoms with E-state index in [0.29, 0.717) is 18.6 Å². The molecule has 0 aromatic heterocycles. The van der Waals surface area contributed by atoms with E-state index in [2.05, 4.69) is 0 Å². The van der Waals surface area contributed by atoms with Gasteiger partial charge < -0.3 is 4.74 Å². The molecule has 0 fully saturated rings. The van der Waals surface area contributed by atoms with Gasteiger partial charge in [-0.2, -0.15) is 0 Å². The molecule has 0 radical (unpaired) electrons. The molecular weight excluding hydrogens is 204 g/mol. The van der Waals surface area contributed by atoms with Crippen LogP contribution in [-0.4, -0.2) is 18.9 Å². The summed E-state index contributed by atoms with van der Waals surface area (Å²) in [5, 5.41) is 0. The zero-order valence-corrected chi connectivity index (χ0v) is 9.44. The van der Waals surface area contributed by atoms with E-state index in [-0.39, 0.29) is 5.97 Å². The molecule has 0 aliphatic carbocycles. The number of esters is 1. The van der Waals surface area contributed by atoms with Gasteiger partial charge in [0.2, 0.25) is 0 Å². The van der Waals surface area contributed by atoms with E-state index in [1.807, 2.05) is 12.1 Å². The SMILES string of the molecule is CCOC(=O)CCCc1ccc(C=O)cc1. The summed E-state index contributed by atoms with van der Waals surface area (Å²) < 4.78 is 4.83. The average Bonchev–Trinajstić information content (AvgIpc) is 2.30. The van der Waals surface area contributed by atoms with Crippen molar-refractivity contribution in [3.8, 4) is 0 Å². The Bertz CT molecular complexity index is 341. The number of carbonyl (C=O) groups is 2. The zero-order chi connectivity index (χ0) is 11.8. The predicted molar refractivity (Wildman–Crippen MR) is 61.4 cm³/mol. The third-order valence-corrected chi connectivity index (χ3v) is 2.27. The normalized spacial score (nSPS) is 9.81. The molecule has 86 valence electrons. The largest absolute Gasteiger partial charge is 0.466 e. The number of carbonyl (C=O) groups excluding carboxylic acids is 2. The van der Waals surface area contributed by atoms with Crippen LogP contribution in [-0.2, 0) is 16.0 Å². The Morgan fingerprint density at radius 2 is 2.00 bits per heavy atom. The van der Waals surface area contributed by atoms with Crippen LogP contribution in [0.2, 0.25) is 0 Å². The molecule has 0 heterocycles. The molecule has 0 saturated heterocycles. The van der Waals surface area contributed by atoms with Crippen molar-refractivity contribution < 1.29 is 14.3 Å². The molecule has 0 bridgehead atoms. The Morgan fingerprint density at radius 1 is 1.31 bits per heavy atom. The van der Waals surface area contributed by atoms with Crippen molar-refractivity contribution in [3.05, 3.63) is 35.4 Å². The summed E-state index contributed by atoms with van der Waals surface area (Å²) in [6.07, 6.45) is 2.88. The average molecular weight is 220 g/mol. The molecule has 0 spiro atoms. The van der Waals surface area contributed by atoms with Crippen LogP contribution < -0.4 is 0 Å². The number of hydrogen-bond acceptors (Lipinski definition) is 3. The maximum Gasteiger partial charge on any atom is 0.305 e. The topological polar surface area (TPSA) is 43.4 Å². The minimum Gasteiger partial charge on any atom is -0.466 e. The van der Waals surface area contributed by atoms with Crippen LogP contribution >= 0.6 is 0 Å². The van der Waals surface area contributed by atoms with E-state index in [1.165, 1.54) is 0 Å². The standard InChI is InChI=1S/C13H16O3/c1-2-16-13(15)5-3-4-11-6-8-12(10-14)9-7-11/h6-10H,2-5H2,1H3. The summed E-state index contributed by atoms with van der Waals surface area (Å²) in [5.41, 5.74) is 1.81. The lowest BCUT2D eigenvalue weighted by atomic mass is 10.1. The summed E-state index contributed by atoms with van der Waals surface area (Å²) >= 11 is 0. The molecule has 0 atom stereocenters. The van der Waals surface area contributed by atoms with Gasteiger partial charge >= 0.3 is 5.97 Å². The van der Waals surface area contributed by atoms with Crippen LogP contribution in [0.1, 0.15) is 35.7 Å². The highest BCUT2D eigenvalue weighted by atomic mass is 16.5. The first-order valence-electron chi connectivity index (χ1n) is 5.46. The summed E-state index contributed by atoms with van der Waals surface area (Å²) in [4.78, 5) is 21.5. The van der Waals surface area contributed by atoms with Crippen LogP contribution in [0.15, 0.2) is 24.3 Å². The monoisotopic (exact) mass is 220 g/mol. The second-order valence-corrected chi connectivity index (χ2v) is 3.52. The van der Waals surface area contributed by atoms with E-state index in [1.54, 1.807) is 19.1 Å². The maximum absolute atomic E-state index is 11.1. The van der Waals surface area contributed by atoms with E-state index in [9.17, 15) is 9.59 Å². The number of aryl methyl sites for hydroxylation is 1. The lowest BCUT2D eigenvalue weighted by molar-refractivity contribution is -0.143. The summed E-state index contributed by atoms with van der Waals surface area (Å²) in [6.45, 7) is 2.24. The fraction of sp³-hybridized carbons (Fsp3) is 0.385. The van der Waals surface area contributed by atoms with Gasteiger partial charge in [-0.05, 0) is 25.3 Å². The summed E-state index contributed by atoms with van der Waals surface area (Å²) in [5.74, 6) is -0.146. The lowest BCUT2D eigenvalue weighted by Crippen LogP contribution is -2.03. The van der Waals surface area contributed by atoms with Crippen LogP contribution in [0.4, 0.5) is 0 Å². The Balaban J connectivity index is 2.31. The molecular formula is C13H16O3. The van der Waals surface area contributed by atoms with Gasteiger partial charge in [-0.3, -0.25) is 9.59 Å². The van der Waals surface area contributed by atoms with Crippen molar-refractivity contribution in [3.63, 3.8) is 0 Å². The molecule has 1 aromatic carbocycles. The van der Waals surface area contributed by atoms with Crippen LogP contribution in [0, 0.1) is 0 Å². The van der Waals surface area contributed by atoms with Gasteiger partial charge in [-0.1, -0.05) is 24.3 Å².